The first-order chi connectivity index (χ1) is 10.3. The molecule has 2 heteroatoms. The Morgan fingerprint density at radius 3 is 2.90 bits per heavy atom. The lowest BCUT2D eigenvalue weighted by Gasteiger charge is -2.19. The number of nitrogens with zero attached hydrogens (tertiary/aromatic N) is 1. The van der Waals surface area contributed by atoms with E-state index in [2.05, 4.69) is 42.3 Å². The van der Waals surface area contributed by atoms with E-state index in [1.807, 2.05) is 6.07 Å². The fourth-order valence-corrected chi connectivity index (χ4v) is 3.29. The number of fused-ring (bicyclic) bond motifs is 1. The Morgan fingerprint density at radius 1 is 1.19 bits per heavy atom. The second kappa shape index (κ2) is 6.95. The predicted molar refractivity (Wildman–Crippen MR) is 88.3 cm³/mol. The molecule has 0 N–H and O–H groups in total. The quantitative estimate of drug-likeness (QED) is 0.718. The summed E-state index contributed by atoms with van der Waals surface area (Å²) in [6.45, 7) is 1.94. The number of allylic oxidation sites excluding steroid dienone is 1. The van der Waals surface area contributed by atoms with Crippen molar-refractivity contribution >= 4 is 11.0 Å². The van der Waals surface area contributed by atoms with Crippen molar-refractivity contribution in [3.05, 3.63) is 48.2 Å². The summed E-state index contributed by atoms with van der Waals surface area (Å²) in [4.78, 5) is 2.34. The van der Waals surface area contributed by atoms with Crippen LogP contribution < -0.4 is 0 Å². The Hall–Kier alpha value is -1.54. The lowest BCUT2D eigenvalue weighted by Crippen LogP contribution is -2.18. The largest absolute Gasteiger partial charge is 0.464 e. The van der Waals surface area contributed by atoms with E-state index in [0.29, 0.717) is 0 Å². The molecule has 0 aliphatic heterocycles. The third-order valence-electron chi connectivity index (χ3n) is 4.48. The Balaban J connectivity index is 1.55. The molecule has 1 aliphatic carbocycles. The smallest absolute Gasteiger partial charge is 0.138 e. The predicted octanol–water partition coefficient (Wildman–Crippen LogP) is 5.00. The van der Waals surface area contributed by atoms with Crippen molar-refractivity contribution in [2.75, 3.05) is 13.6 Å². The zero-order valence-electron chi connectivity index (χ0n) is 12.9. The maximum absolute atomic E-state index is 5.60. The van der Waals surface area contributed by atoms with E-state index in [4.69, 9.17) is 4.42 Å². The molecular formula is C19H25NO. The maximum Gasteiger partial charge on any atom is 0.138 e. The van der Waals surface area contributed by atoms with Gasteiger partial charge in [0.2, 0.25) is 0 Å². The van der Waals surface area contributed by atoms with Gasteiger partial charge < -0.3 is 4.42 Å². The third-order valence-corrected chi connectivity index (χ3v) is 4.48. The summed E-state index contributed by atoms with van der Waals surface area (Å²) in [5, 5.41) is 1.19. The molecule has 0 unspecified atom stereocenters. The highest BCUT2D eigenvalue weighted by atomic mass is 16.3. The zero-order valence-corrected chi connectivity index (χ0v) is 12.9. The minimum atomic E-state index is 0.820. The van der Waals surface area contributed by atoms with Crippen LogP contribution in [0.25, 0.3) is 11.0 Å². The second-order valence-electron chi connectivity index (χ2n) is 6.28. The van der Waals surface area contributed by atoms with Crippen molar-refractivity contribution in [2.24, 2.45) is 5.92 Å². The number of rotatable bonds is 5. The molecule has 1 heterocycles. The Morgan fingerprint density at radius 2 is 2.05 bits per heavy atom. The zero-order chi connectivity index (χ0) is 14.5. The molecule has 1 aromatic carbocycles. The maximum atomic E-state index is 5.60. The third kappa shape index (κ3) is 3.76. The van der Waals surface area contributed by atoms with Crippen LogP contribution in [0.5, 0.6) is 0 Å². The van der Waals surface area contributed by atoms with Gasteiger partial charge in [-0.1, -0.05) is 49.6 Å². The van der Waals surface area contributed by atoms with Crippen LogP contribution in [0.4, 0.5) is 0 Å². The molecule has 0 bridgehead atoms. The summed E-state index contributed by atoms with van der Waals surface area (Å²) in [6.07, 6.45) is 13.6. The molecule has 1 aromatic heterocycles. The molecule has 0 atom stereocenters. The van der Waals surface area contributed by atoms with Crippen LogP contribution in [0.1, 0.15) is 37.7 Å². The highest BCUT2D eigenvalue weighted by Crippen LogP contribution is 2.24. The highest BCUT2D eigenvalue weighted by molar-refractivity contribution is 5.80. The lowest BCUT2D eigenvalue weighted by molar-refractivity contribution is 0.360. The minimum absolute atomic E-state index is 0.820. The van der Waals surface area contributed by atoms with Crippen LogP contribution in [0, 0.1) is 5.92 Å². The number of likely N-dealkylation sites (N-methyl/N-ethyl adjacent to an activating group) is 1. The van der Waals surface area contributed by atoms with Gasteiger partial charge in [0.15, 0.2) is 0 Å². The van der Waals surface area contributed by atoms with Gasteiger partial charge >= 0.3 is 0 Å². The number of para-hydroxylation sites is 1. The lowest BCUT2D eigenvalue weighted by atomic mass is 9.89. The summed E-state index contributed by atoms with van der Waals surface area (Å²) in [6, 6.07) is 8.40. The average Bonchev–Trinajstić information content (AvgIpc) is 2.98. The SMILES string of the molecule is CN(C/C=C/C1CCCCC1)Cc1cccc2ccoc12. The summed E-state index contributed by atoms with van der Waals surface area (Å²) < 4.78 is 5.60. The van der Waals surface area contributed by atoms with E-state index in [-0.39, 0.29) is 0 Å². The van der Waals surface area contributed by atoms with Gasteiger partial charge in [-0.15, -0.1) is 0 Å². The first-order valence-corrected chi connectivity index (χ1v) is 8.13. The second-order valence-corrected chi connectivity index (χ2v) is 6.28. The Bertz CT molecular complexity index is 592. The van der Waals surface area contributed by atoms with Crippen LogP contribution in [-0.2, 0) is 6.54 Å². The van der Waals surface area contributed by atoms with Gasteiger partial charge in [-0.3, -0.25) is 4.90 Å². The molecule has 21 heavy (non-hydrogen) atoms. The van der Waals surface area contributed by atoms with E-state index in [0.717, 1.165) is 24.6 Å². The van der Waals surface area contributed by atoms with Crippen molar-refractivity contribution in [3.63, 3.8) is 0 Å². The standard InChI is InChI=1S/C19H25NO/c1-20(13-6-9-16-7-3-2-4-8-16)15-18-11-5-10-17-12-14-21-19(17)18/h5-6,9-12,14,16H,2-4,7-8,13,15H2,1H3/b9-6+. The molecule has 1 saturated carbocycles. The first-order valence-electron chi connectivity index (χ1n) is 8.13. The van der Waals surface area contributed by atoms with Crippen LogP contribution >= 0.6 is 0 Å². The number of hydrogen-bond donors (Lipinski definition) is 0. The molecular weight excluding hydrogens is 258 g/mol. The van der Waals surface area contributed by atoms with E-state index < -0.39 is 0 Å². The Kier molecular flexibility index (Phi) is 4.76. The number of furan rings is 1. The minimum Gasteiger partial charge on any atom is -0.464 e. The first kappa shape index (κ1) is 14.4. The number of hydrogen-bond acceptors (Lipinski definition) is 2. The topological polar surface area (TPSA) is 16.4 Å². The van der Waals surface area contributed by atoms with Crippen molar-refractivity contribution in [2.45, 2.75) is 38.6 Å². The van der Waals surface area contributed by atoms with Gasteiger partial charge in [0.25, 0.3) is 0 Å². The van der Waals surface area contributed by atoms with E-state index >= 15 is 0 Å². The Labute approximate surface area is 127 Å². The molecule has 1 aliphatic rings. The summed E-state index contributed by atoms with van der Waals surface area (Å²) in [5.74, 6) is 0.820. The summed E-state index contributed by atoms with van der Waals surface area (Å²) in [5.41, 5.74) is 2.30. The summed E-state index contributed by atoms with van der Waals surface area (Å²) in [7, 11) is 2.17. The molecule has 0 spiro atoms. The molecule has 112 valence electrons. The molecule has 3 rings (SSSR count). The van der Waals surface area contributed by atoms with E-state index in [1.54, 1.807) is 6.26 Å². The normalized spacial score (nSPS) is 17.2. The van der Waals surface area contributed by atoms with Crippen LogP contribution in [0.15, 0.2) is 47.1 Å². The summed E-state index contributed by atoms with van der Waals surface area (Å²) >= 11 is 0. The van der Waals surface area contributed by atoms with E-state index in [9.17, 15) is 0 Å². The van der Waals surface area contributed by atoms with Gasteiger partial charge in [-0.25, -0.2) is 0 Å². The van der Waals surface area contributed by atoms with Gasteiger partial charge in [-0.05, 0) is 31.9 Å². The van der Waals surface area contributed by atoms with E-state index in [1.165, 1.54) is 43.1 Å². The van der Waals surface area contributed by atoms with Crippen molar-refractivity contribution in [1.29, 1.82) is 0 Å². The highest BCUT2D eigenvalue weighted by Gasteiger charge is 2.10. The van der Waals surface area contributed by atoms with Crippen molar-refractivity contribution < 1.29 is 4.42 Å². The number of benzene rings is 1. The van der Waals surface area contributed by atoms with Gasteiger partial charge in [-0.2, -0.15) is 0 Å². The van der Waals surface area contributed by atoms with Crippen LogP contribution in [0.2, 0.25) is 0 Å². The van der Waals surface area contributed by atoms with Crippen molar-refractivity contribution in [3.8, 4) is 0 Å². The van der Waals surface area contributed by atoms with Gasteiger partial charge in [0.05, 0.1) is 6.26 Å². The molecule has 0 radical (unpaired) electrons. The molecule has 0 amide bonds. The van der Waals surface area contributed by atoms with Crippen LogP contribution in [0.3, 0.4) is 0 Å². The fraction of sp³-hybridized carbons (Fsp3) is 0.474. The average molecular weight is 283 g/mol. The molecule has 2 aromatic rings. The van der Waals surface area contributed by atoms with Gasteiger partial charge in [0, 0.05) is 24.0 Å². The molecule has 0 saturated heterocycles. The van der Waals surface area contributed by atoms with Crippen molar-refractivity contribution in [1.82, 2.24) is 4.90 Å². The molecule has 1 fully saturated rings. The monoisotopic (exact) mass is 283 g/mol. The fourth-order valence-electron chi connectivity index (χ4n) is 3.29. The van der Waals surface area contributed by atoms with Gasteiger partial charge in [0.1, 0.15) is 5.58 Å². The molecule has 2 nitrogen and oxygen atoms in total. The van der Waals surface area contributed by atoms with Crippen LogP contribution in [-0.4, -0.2) is 18.5 Å².